The molecule has 5 atom stereocenters. The minimum Gasteiger partial charge on any atom is -0.198 e. The largest absolute Gasteiger partial charge is 0.198 e. The van der Waals surface area contributed by atoms with Gasteiger partial charge in [0.2, 0.25) is 0 Å². The fourth-order valence-electron chi connectivity index (χ4n) is 3.16. The topological polar surface area (TPSA) is 23.8 Å². The van der Waals surface area contributed by atoms with Crippen LogP contribution in [0.5, 0.6) is 0 Å². The van der Waals surface area contributed by atoms with Gasteiger partial charge in [0.05, 0.1) is 12.0 Å². The molecular weight excluding hydrogens is 134 g/mol. The third-order valence-corrected chi connectivity index (χ3v) is 3.90. The predicted molar refractivity (Wildman–Crippen MR) is 43.6 cm³/mol. The summed E-state index contributed by atoms with van der Waals surface area (Å²) < 4.78 is 0. The zero-order valence-corrected chi connectivity index (χ0v) is 7.25. The van der Waals surface area contributed by atoms with Gasteiger partial charge in [-0.2, -0.15) is 5.26 Å². The monoisotopic (exact) mass is 149 g/mol. The summed E-state index contributed by atoms with van der Waals surface area (Å²) in [5, 5.41) is 8.93. The Morgan fingerprint density at radius 2 is 2.00 bits per heavy atom. The Kier molecular flexibility index (Phi) is 1.45. The summed E-state index contributed by atoms with van der Waals surface area (Å²) in [5.41, 5.74) is 0. The normalized spacial score (nSPS) is 54.5. The van der Waals surface area contributed by atoms with Crippen molar-refractivity contribution in [2.45, 2.75) is 26.7 Å². The van der Waals surface area contributed by atoms with Crippen molar-refractivity contribution < 1.29 is 0 Å². The highest BCUT2D eigenvalue weighted by Crippen LogP contribution is 2.54. The van der Waals surface area contributed by atoms with Crippen molar-refractivity contribution in [2.24, 2.45) is 29.6 Å². The van der Waals surface area contributed by atoms with Crippen LogP contribution in [-0.4, -0.2) is 0 Å². The van der Waals surface area contributed by atoms with Crippen molar-refractivity contribution in [2.75, 3.05) is 0 Å². The second-order valence-corrected chi connectivity index (χ2v) is 4.39. The van der Waals surface area contributed by atoms with Crippen LogP contribution in [0.25, 0.3) is 0 Å². The minimum atomic E-state index is 0.378. The molecule has 60 valence electrons. The molecule has 0 heterocycles. The van der Waals surface area contributed by atoms with E-state index in [1.165, 1.54) is 12.8 Å². The number of nitrogens with zero attached hydrogens (tertiary/aromatic N) is 1. The fourth-order valence-corrected chi connectivity index (χ4v) is 3.16. The molecule has 0 aromatic carbocycles. The first-order chi connectivity index (χ1) is 5.24. The number of rotatable bonds is 0. The summed E-state index contributed by atoms with van der Waals surface area (Å²) in [7, 11) is 0. The van der Waals surface area contributed by atoms with Gasteiger partial charge in [-0.05, 0) is 36.5 Å². The molecule has 0 aromatic heterocycles. The number of nitriles is 1. The second kappa shape index (κ2) is 2.24. The molecule has 0 N–H and O–H groups in total. The third kappa shape index (κ3) is 0.819. The van der Waals surface area contributed by atoms with Gasteiger partial charge >= 0.3 is 0 Å². The average molecular weight is 149 g/mol. The molecule has 0 saturated heterocycles. The van der Waals surface area contributed by atoms with Crippen molar-refractivity contribution in [3.63, 3.8) is 0 Å². The Labute approximate surface area is 68.4 Å². The number of fused-ring (bicyclic) bond motifs is 2. The Morgan fingerprint density at radius 1 is 1.27 bits per heavy atom. The first kappa shape index (κ1) is 7.16. The van der Waals surface area contributed by atoms with E-state index < -0.39 is 0 Å². The van der Waals surface area contributed by atoms with Crippen molar-refractivity contribution in [3.05, 3.63) is 0 Å². The Balaban J connectivity index is 2.21. The van der Waals surface area contributed by atoms with Crippen LogP contribution in [0.4, 0.5) is 0 Å². The van der Waals surface area contributed by atoms with E-state index in [9.17, 15) is 0 Å². The standard InChI is InChI=1S/C10H15N/c1-6-3-8-4-9(6)10(5-11)7(8)2/h6-10H,3-4H2,1-2H3/t6-,7-,8+,9+,10-/m0/s1. The van der Waals surface area contributed by atoms with Crippen LogP contribution in [0.15, 0.2) is 0 Å². The Bertz CT molecular complexity index is 203. The van der Waals surface area contributed by atoms with Gasteiger partial charge in [-0.25, -0.2) is 0 Å². The van der Waals surface area contributed by atoms with E-state index in [1.54, 1.807) is 0 Å². The van der Waals surface area contributed by atoms with Gasteiger partial charge < -0.3 is 0 Å². The molecule has 2 fully saturated rings. The zero-order valence-electron chi connectivity index (χ0n) is 7.25. The summed E-state index contributed by atoms with van der Waals surface area (Å²) in [6.07, 6.45) is 2.71. The highest BCUT2D eigenvalue weighted by molar-refractivity contribution is 5.05. The molecule has 2 saturated carbocycles. The molecule has 0 radical (unpaired) electrons. The maximum absolute atomic E-state index is 8.93. The van der Waals surface area contributed by atoms with Crippen LogP contribution in [0, 0.1) is 40.9 Å². The summed E-state index contributed by atoms with van der Waals surface area (Å²) in [5.74, 6) is 3.49. The lowest BCUT2D eigenvalue weighted by Gasteiger charge is -2.27. The van der Waals surface area contributed by atoms with Crippen LogP contribution in [0.2, 0.25) is 0 Å². The second-order valence-electron chi connectivity index (χ2n) is 4.39. The van der Waals surface area contributed by atoms with Gasteiger partial charge in [0.25, 0.3) is 0 Å². The number of hydrogen-bond acceptors (Lipinski definition) is 1. The summed E-state index contributed by atoms with van der Waals surface area (Å²) in [6, 6.07) is 2.48. The quantitative estimate of drug-likeness (QED) is 0.519. The van der Waals surface area contributed by atoms with E-state index >= 15 is 0 Å². The van der Waals surface area contributed by atoms with Crippen LogP contribution >= 0.6 is 0 Å². The molecule has 0 amide bonds. The third-order valence-electron chi connectivity index (χ3n) is 3.90. The van der Waals surface area contributed by atoms with Gasteiger partial charge in [0.1, 0.15) is 0 Å². The van der Waals surface area contributed by atoms with E-state index in [2.05, 4.69) is 19.9 Å². The number of hydrogen-bond donors (Lipinski definition) is 0. The Hall–Kier alpha value is -0.510. The highest BCUT2D eigenvalue weighted by Gasteiger charge is 2.48. The van der Waals surface area contributed by atoms with Gasteiger partial charge in [-0.3, -0.25) is 0 Å². The van der Waals surface area contributed by atoms with E-state index in [1.807, 2.05) is 0 Å². The van der Waals surface area contributed by atoms with Crippen molar-refractivity contribution in [3.8, 4) is 6.07 Å². The van der Waals surface area contributed by atoms with E-state index in [-0.39, 0.29) is 0 Å². The lowest BCUT2D eigenvalue weighted by atomic mass is 9.76. The SMILES string of the molecule is C[C@H]1[C@H]2C[C@@H]([C@H]1C#N)[C@@H](C)C2. The van der Waals surface area contributed by atoms with Gasteiger partial charge in [-0.15, -0.1) is 0 Å². The van der Waals surface area contributed by atoms with Crippen molar-refractivity contribution >= 4 is 0 Å². The summed E-state index contributed by atoms with van der Waals surface area (Å²) in [4.78, 5) is 0. The molecule has 11 heavy (non-hydrogen) atoms. The summed E-state index contributed by atoms with van der Waals surface area (Å²) in [6.45, 7) is 4.56. The molecule has 2 rings (SSSR count). The van der Waals surface area contributed by atoms with Crippen LogP contribution in [0.3, 0.4) is 0 Å². The van der Waals surface area contributed by atoms with Gasteiger partial charge in [0.15, 0.2) is 0 Å². The van der Waals surface area contributed by atoms with Gasteiger partial charge in [-0.1, -0.05) is 13.8 Å². The minimum absolute atomic E-state index is 0.378. The molecule has 2 aliphatic carbocycles. The molecule has 0 spiro atoms. The predicted octanol–water partition coefficient (Wildman–Crippen LogP) is 2.44. The van der Waals surface area contributed by atoms with Crippen LogP contribution in [0.1, 0.15) is 26.7 Å². The van der Waals surface area contributed by atoms with Gasteiger partial charge in [0, 0.05) is 0 Å². The van der Waals surface area contributed by atoms with E-state index in [4.69, 9.17) is 5.26 Å². The Morgan fingerprint density at radius 3 is 2.45 bits per heavy atom. The lowest BCUT2D eigenvalue weighted by Crippen LogP contribution is -2.23. The molecule has 1 nitrogen and oxygen atoms in total. The molecule has 0 unspecified atom stereocenters. The lowest BCUT2D eigenvalue weighted by molar-refractivity contribution is 0.231. The maximum atomic E-state index is 8.93. The van der Waals surface area contributed by atoms with Crippen molar-refractivity contribution in [1.29, 1.82) is 5.26 Å². The highest BCUT2D eigenvalue weighted by atomic mass is 14.5. The molecule has 0 aliphatic heterocycles. The molecule has 1 heteroatoms. The smallest absolute Gasteiger partial charge is 0.0661 e. The molecule has 2 bridgehead atoms. The van der Waals surface area contributed by atoms with Crippen LogP contribution in [-0.2, 0) is 0 Å². The fraction of sp³-hybridized carbons (Fsp3) is 0.900. The molecular formula is C10H15N. The van der Waals surface area contributed by atoms with E-state index in [0.29, 0.717) is 11.8 Å². The zero-order chi connectivity index (χ0) is 8.01. The van der Waals surface area contributed by atoms with Crippen LogP contribution < -0.4 is 0 Å². The maximum Gasteiger partial charge on any atom is 0.0661 e. The summed E-state index contributed by atoms with van der Waals surface area (Å²) >= 11 is 0. The first-order valence-corrected chi connectivity index (χ1v) is 4.63. The molecule has 2 aliphatic rings. The first-order valence-electron chi connectivity index (χ1n) is 4.63. The average Bonchev–Trinajstić information content (AvgIpc) is 2.45. The van der Waals surface area contributed by atoms with E-state index in [0.717, 1.165) is 17.8 Å². The molecule has 0 aromatic rings. The van der Waals surface area contributed by atoms with Crippen molar-refractivity contribution in [1.82, 2.24) is 0 Å².